The van der Waals surface area contributed by atoms with Crippen LogP contribution in [0.5, 0.6) is 0 Å². The third-order valence-corrected chi connectivity index (χ3v) is 5.84. The van der Waals surface area contributed by atoms with Gasteiger partial charge in [-0.15, -0.1) is 0 Å². The van der Waals surface area contributed by atoms with E-state index in [1.807, 2.05) is 22.9 Å². The molecular weight excluding hydrogens is 354 g/mol. The summed E-state index contributed by atoms with van der Waals surface area (Å²) < 4.78 is 1.89. The van der Waals surface area contributed by atoms with Gasteiger partial charge in [0.2, 0.25) is 0 Å². The maximum atomic E-state index is 12.7. The number of rotatable bonds is 4. The van der Waals surface area contributed by atoms with Crippen LogP contribution in [0.2, 0.25) is 0 Å². The van der Waals surface area contributed by atoms with Crippen LogP contribution in [0.3, 0.4) is 0 Å². The fraction of sp³-hybridized carbons (Fsp3) is 0.476. The number of urea groups is 1. The molecule has 2 aliphatic rings. The summed E-state index contributed by atoms with van der Waals surface area (Å²) in [5, 5.41) is 18.3. The number of likely N-dealkylation sites (tertiary alicyclic amines) is 1. The van der Waals surface area contributed by atoms with E-state index in [0.717, 1.165) is 37.2 Å². The standard InChI is InChI=1S/C21H27N5O2/c27-20(24-19-8-12-23-26(19)16-17-5-2-1-3-6-17)25-13-9-21(28,10-14-25)18-7-4-11-22-15-18/h1-2,4,7-8,11-12,15,17,28H,3,5-6,9-10,13-14,16H2,(H,24,27). The van der Waals surface area contributed by atoms with Gasteiger partial charge < -0.3 is 10.0 Å². The first-order chi connectivity index (χ1) is 13.6. The third kappa shape index (κ3) is 4.09. The van der Waals surface area contributed by atoms with E-state index >= 15 is 0 Å². The van der Waals surface area contributed by atoms with Crippen molar-refractivity contribution >= 4 is 11.8 Å². The van der Waals surface area contributed by atoms with Gasteiger partial charge in [0, 0.05) is 43.7 Å². The molecule has 1 aliphatic carbocycles. The summed E-state index contributed by atoms with van der Waals surface area (Å²) in [5.41, 5.74) is -0.101. The number of piperidine rings is 1. The summed E-state index contributed by atoms with van der Waals surface area (Å²) in [4.78, 5) is 18.6. The molecule has 0 saturated carbocycles. The van der Waals surface area contributed by atoms with E-state index in [9.17, 15) is 9.90 Å². The predicted molar refractivity (Wildman–Crippen MR) is 107 cm³/mol. The summed E-state index contributed by atoms with van der Waals surface area (Å²) >= 11 is 0. The first-order valence-electron chi connectivity index (χ1n) is 10.00. The zero-order valence-corrected chi connectivity index (χ0v) is 16.0. The Hall–Kier alpha value is -2.67. The van der Waals surface area contributed by atoms with Gasteiger partial charge in [-0.05, 0) is 44.1 Å². The second kappa shape index (κ2) is 8.14. The summed E-state index contributed by atoms with van der Waals surface area (Å²) in [6.07, 6.45) is 13.9. The highest BCUT2D eigenvalue weighted by atomic mass is 16.3. The van der Waals surface area contributed by atoms with Crippen molar-refractivity contribution in [3.8, 4) is 0 Å². The summed E-state index contributed by atoms with van der Waals surface area (Å²) in [5.74, 6) is 1.29. The first-order valence-corrected chi connectivity index (χ1v) is 10.00. The van der Waals surface area contributed by atoms with Crippen molar-refractivity contribution in [2.75, 3.05) is 18.4 Å². The Labute approximate surface area is 165 Å². The average Bonchev–Trinajstić information content (AvgIpc) is 3.16. The van der Waals surface area contributed by atoms with Gasteiger partial charge in [-0.2, -0.15) is 5.10 Å². The van der Waals surface area contributed by atoms with Crippen LogP contribution < -0.4 is 5.32 Å². The molecule has 7 nitrogen and oxygen atoms in total. The minimum Gasteiger partial charge on any atom is -0.385 e. The average molecular weight is 381 g/mol. The molecule has 2 N–H and O–H groups in total. The summed E-state index contributed by atoms with van der Waals surface area (Å²) in [6, 6.07) is 5.42. The molecular formula is C21H27N5O2. The van der Waals surface area contributed by atoms with Crippen LogP contribution in [0.1, 0.15) is 37.7 Å². The summed E-state index contributed by atoms with van der Waals surface area (Å²) in [7, 11) is 0. The van der Waals surface area contributed by atoms with Crippen molar-refractivity contribution in [1.82, 2.24) is 19.7 Å². The molecule has 2 aromatic heterocycles. The number of hydrogen-bond donors (Lipinski definition) is 2. The topological polar surface area (TPSA) is 83.3 Å². The monoisotopic (exact) mass is 381 g/mol. The SMILES string of the molecule is O=C(Nc1ccnn1CC1CC=CCC1)N1CCC(O)(c2cccnc2)CC1. The molecule has 0 radical (unpaired) electrons. The molecule has 148 valence electrons. The van der Waals surface area contributed by atoms with Crippen molar-refractivity contribution in [3.63, 3.8) is 0 Å². The van der Waals surface area contributed by atoms with Gasteiger partial charge in [0.05, 0.1) is 11.8 Å². The number of amides is 2. The molecule has 2 aromatic rings. The highest BCUT2D eigenvalue weighted by Crippen LogP contribution is 2.32. The number of nitrogens with one attached hydrogen (secondary N) is 1. The molecule has 28 heavy (non-hydrogen) atoms. The van der Waals surface area contributed by atoms with Gasteiger partial charge in [-0.25, -0.2) is 9.48 Å². The Bertz CT molecular complexity index is 824. The maximum absolute atomic E-state index is 12.7. The molecule has 0 bridgehead atoms. The quantitative estimate of drug-likeness (QED) is 0.797. The lowest BCUT2D eigenvalue weighted by atomic mass is 9.85. The van der Waals surface area contributed by atoms with E-state index in [2.05, 4.69) is 27.6 Å². The number of aromatic nitrogens is 3. The van der Waals surface area contributed by atoms with E-state index in [4.69, 9.17) is 0 Å². The van der Waals surface area contributed by atoms with Crippen LogP contribution in [0.4, 0.5) is 10.6 Å². The lowest BCUT2D eigenvalue weighted by Gasteiger charge is -2.38. The molecule has 4 rings (SSSR count). The number of carbonyl (C=O) groups excluding carboxylic acids is 1. The third-order valence-electron chi connectivity index (χ3n) is 5.84. The Morgan fingerprint density at radius 3 is 2.82 bits per heavy atom. The van der Waals surface area contributed by atoms with Gasteiger partial charge in [-0.1, -0.05) is 18.2 Å². The van der Waals surface area contributed by atoms with Crippen molar-refractivity contribution in [1.29, 1.82) is 0 Å². The van der Waals surface area contributed by atoms with E-state index in [1.165, 1.54) is 0 Å². The van der Waals surface area contributed by atoms with Gasteiger partial charge in [0.25, 0.3) is 0 Å². The van der Waals surface area contributed by atoms with Gasteiger partial charge in [0.1, 0.15) is 5.82 Å². The Morgan fingerprint density at radius 2 is 2.11 bits per heavy atom. The predicted octanol–water partition coefficient (Wildman–Crippen LogP) is 3.15. The van der Waals surface area contributed by atoms with E-state index < -0.39 is 5.60 Å². The number of nitrogens with zero attached hydrogens (tertiary/aromatic N) is 4. The smallest absolute Gasteiger partial charge is 0.323 e. The molecule has 1 fully saturated rings. The Balaban J connectivity index is 1.34. The van der Waals surface area contributed by atoms with Crippen LogP contribution >= 0.6 is 0 Å². The highest BCUT2D eigenvalue weighted by molar-refractivity contribution is 5.88. The zero-order chi connectivity index (χ0) is 19.4. The molecule has 1 aliphatic heterocycles. The van der Waals surface area contributed by atoms with Crippen molar-refractivity contribution < 1.29 is 9.90 Å². The largest absolute Gasteiger partial charge is 0.385 e. The normalized spacial score (nSPS) is 21.5. The van der Waals surface area contributed by atoms with Gasteiger partial charge in [-0.3, -0.25) is 10.3 Å². The number of pyridine rings is 1. The minimum absolute atomic E-state index is 0.140. The second-order valence-electron chi connectivity index (χ2n) is 7.74. The number of carbonyl (C=O) groups is 1. The number of hydrogen-bond acceptors (Lipinski definition) is 4. The Kier molecular flexibility index (Phi) is 5.43. The fourth-order valence-electron chi connectivity index (χ4n) is 4.05. The first kappa shape index (κ1) is 18.7. The van der Waals surface area contributed by atoms with Crippen LogP contribution in [-0.2, 0) is 12.1 Å². The summed E-state index contributed by atoms with van der Waals surface area (Å²) in [6.45, 7) is 1.81. The van der Waals surface area contributed by atoms with Crippen LogP contribution in [0, 0.1) is 5.92 Å². The number of aliphatic hydroxyl groups is 1. The number of anilines is 1. The van der Waals surface area contributed by atoms with E-state index in [-0.39, 0.29) is 6.03 Å². The minimum atomic E-state index is -0.915. The second-order valence-corrected chi connectivity index (χ2v) is 7.74. The lowest BCUT2D eigenvalue weighted by molar-refractivity contribution is -0.0159. The van der Waals surface area contributed by atoms with E-state index in [0.29, 0.717) is 31.8 Å². The van der Waals surface area contributed by atoms with Crippen LogP contribution in [-0.4, -0.2) is 43.9 Å². The Morgan fingerprint density at radius 1 is 1.25 bits per heavy atom. The lowest BCUT2D eigenvalue weighted by Crippen LogP contribution is -2.46. The van der Waals surface area contributed by atoms with Crippen LogP contribution in [0.25, 0.3) is 0 Å². The highest BCUT2D eigenvalue weighted by Gasteiger charge is 2.35. The molecule has 7 heteroatoms. The molecule has 1 saturated heterocycles. The van der Waals surface area contributed by atoms with E-state index in [1.54, 1.807) is 23.5 Å². The molecule has 0 spiro atoms. The molecule has 2 amide bonds. The van der Waals surface area contributed by atoms with Crippen molar-refractivity contribution in [3.05, 3.63) is 54.5 Å². The molecule has 0 aromatic carbocycles. The van der Waals surface area contributed by atoms with Crippen molar-refractivity contribution in [2.45, 2.75) is 44.2 Å². The van der Waals surface area contributed by atoms with Gasteiger partial charge in [0.15, 0.2) is 0 Å². The molecule has 1 atom stereocenters. The van der Waals surface area contributed by atoms with Gasteiger partial charge >= 0.3 is 6.03 Å². The molecule has 1 unspecified atom stereocenters. The van der Waals surface area contributed by atoms with Crippen molar-refractivity contribution in [2.24, 2.45) is 5.92 Å². The molecule has 3 heterocycles. The number of allylic oxidation sites excluding steroid dienone is 2. The maximum Gasteiger partial charge on any atom is 0.323 e. The van der Waals surface area contributed by atoms with Crippen LogP contribution in [0.15, 0.2) is 48.9 Å². The zero-order valence-electron chi connectivity index (χ0n) is 16.0. The fourth-order valence-corrected chi connectivity index (χ4v) is 4.05.